The lowest BCUT2D eigenvalue weighted by Crippen LogP contribution is -2.18. The molecule has 0 aliphatic heterocycles. The predicted octanol–water partition coefficient (Wildman–Crippen LogP) is 0.760. The summed E-state index contributed by atoms with van der Waals surface area (Å²) in [6, 6.07) is 4.80. The maximum atomic E-state index is 11.7. The average Bonchev–Trinajstić information content (AvgIpc) is 3.16. The van der Waals surface area contributed by atoms with Gasteiger partial charge in [-0.15, -0.1) is 0 Å². The SMILES string of the molecule is [B]c1cnc(Nc2cc(N)cc(C(=O)OC)c2)nc1NCCc1cnc[nH]1. The number of benzene rings is 1. The van der Waals surface area contributed by atoms with E-state index in [1.54, 1.807) is 24.7 Å². The maximum Gasteiger partial charge on any atom is 0.337 e. The number of ether oxygens (including phenoxy) is 1. The summed E-state index contributed by atoms with van der Waals surface area (Å²) in [6.45, 7) is 0.619. The fourth-order valence-electron chi connectivity index (χ4n) is 2.42. The monoisotopic (exact) mass is 363 g/mol. The number of nitrogen functional groups attached to an aromatic ring is 1. The van der Waals surface area contributed by atoms with E-state index in [2.05, 4.69) is 30.6 Å². The molecule has 0 amide bonds. The Kier molecular flexibility index (Phi) is 5.55. The van der Waals surface area contributed by atoms with Crippen molar-refractivity contribution in [1.82, 2.24) is 19.9 Å². The molecule has 9 nitrogen and oxygen atoms in total. The standard InChI is InChI=1S/C17H18BN7O2/c1-27-16(26)10-4-11(19)6-13(5-10)24-17-22-8-14(18)15(25-17)21-3-2-12-7-20-9-23-12/h4-9H,2-3,19H2,1H3,(H,20,23)(H2,21,22,24,25). The van der Waals surface area contributed by atoms with Crippen LogP contribution in [0.1, 0.15) is 16.1 Å². The second kappa shape index (κ2) is 8.22. The number of H-pyrrole nitrogens is 1. The molecule has 10 heteroatoms. The Bertz CT molecular complexity index is 931. The highest BCUT2D eigenvalue weighted by molar-refractivity contribution is 6.35. The minimum absolute atomic E-state index is 0.314. The molecular formula is C17H18BN7O2. The first kappa shape index (κ1) is 18.2. The van der Waals surface area contributed by atoms with Gasteiger partial charge in [-0.1, -0.05) is 0 Å². The van der Waals surface area contributed by atoms with E-state index in [4.69, 9.17) is 18.3 Å². The highest BCUT2D eigenvalue weighted by Gasteiger charge is 2.10. The Hall–Kier alpha value is -3.56. The van der Waals surface area contributed by atoms with Crippen molar-refractivity contribution < 1.29 is 9.53 Å². The summed E-state index contributed by atoms with van der Waals surface area (Å²) in [4.78, 5) is 27.2. The second-order valence-corrected chi connectivity index (χ2v) is 5.71. The molecule has 2 heterocycles. The molecule has 2 aromatic heterocycles. The highest BCUT2D eigenvalue weighted by Crippen LogP contribution is 2.20. The van der Waals surface area contributed by atoms with Crippen LogP contribution in [0.4, 0.5) is 23.1 Å². The summed E-state index contributed by atoms with van der Waals surface area (Å²) in [7, 11) is 7.24. The zero-order valence-electron chi connectivity index (χ0n) is 14.7. The van der Waals surface area contributed by atoms with Crippen LogP contribution in [0.25, 0.3) is 0 Å². The van der Waals surface area contributed by atoms with Gasteiger partial charge in [-0.05, 0) is 23.7 Å². The van der Waals surface area contributed by atoms with Gasteiger partial charge in [0.1, 0.15) is 13.7 Å². The van der Waals surface area contributed by atoms with Gasteiger partial charge in [-0.3, -0.25) is 0 Å². The molecule has 27 heavy (non-hydrogen) atoms. The summed E-state index contributed by atoms with van der Waals surface area (Å²) in [5.74, 6) is 0.337. The van der Waals surface area contributed by atoms with E-state index < -0.39 is 5.97 Å². The molecule has 0 bridgehead atoms. The molecule has 0 spiro atoms. The number of nitrogens with one attached hydrogen (secondary N) is 3. The van der Waals surface area contributed by atoms with Crippen LogP contribution in [0, 0.1) is 0 Å². The van der Waals surface area contributed by atoms with E-state index in [9.17, 15) is 4.79 Å². The van der Waals surface area contributed by atoms with E-state index in [1.807, 2.05) is 0 Å². The summed E-state index contributed by atoms with van der Waals surface area (Å²) in [5.41, 5.74) is 8.57. The molecule has 5 N–H and O–H groups in total. The Morgan fingerprint density at radius 3 is 2.93 bits per heavy atom. The summed E-state index contributed by atoms with van der Waals surface area (Å²) in [6.07, 6.45) is 5.63. The predicted molar refractivity (Wildman–Crippen MR) is 104 cm³/mol. The number of nitrogens with zero attached hydrogens (tertiary/aromatic N) is 3. The number of imidazole rings is 1. The van der Waals surface area contributed by atoms with Crippen molar-refractivity contribution in [1.29, 1.82) is 0 Å². The Labute approximate surface area is 157 Å². The number of aromatic amines is 1. The Morgan fingerprint density at radius 1 is 1.33 bits per heavy atom. The van der Waals surface area contributed by atoms with Crippen molar-refractivity contribution in [2.24, 2.45) is 0 Å². The summed E-state index contributed by atoms with van der Waals surface area (Å²) in [5, 5.41) is 6.18. The van der Waals surface area contributed by atoms with Crippen LogP contribution >= 0.6 is 0 Å². The first-order valence-corrected chi connectivity index (χ1v) is 8.14. The third-order valence-electron chi connectivity index (χ3n) is 3.69. The summed E-state index contributed by atoms with van der Waals surface area (Å²) >= 11 is 0. The van der Waals surface area contributed by atoms with Crippen molar-refractivity contribution in [3.05, 3.63) is 48.2 Å². The van der Waals surface area contributed by atoms with Crippen molar-refractivity contribution in [2.45, 2.75) is 6.42 Å². The minimum Gasteiger partial charge on any atom is -0.465 e. The molecule has 0 saturated heterocycles. The van der Waals surface area contributed by atoms with Gasteiger partial charge in [0.25, 0.3) is 0 Å². The average molecular weight is 363 g/mol. The third kappa shape index (κ3) is 4.75. The van der Waals surface area contributed by atoms with Gasteiger partial charge in [0, 0.05) is 42.4 Å². The normalized spacial score (nSPS) is 10.4. The number of rotatable bonds is 7. The highest BCUT2D eigenvalue weighted by atomic mass is 16.5. The van der Waals surface area contributed by atoms with Crippen LogP contribution in [0.5, 0.6) is 0 Å². The third-order valence-corrected chi connectivity index (χ3v) is 3.69. The lowest BCUT2D eigenvalue weighted by atomic mass is 9.99. The lowest BCUT2D eigenvalue weighted by Gasteiger charge is -2.12. The van der Waals surface area contributed by atoms with Gasteiger partial charge in [-0.2, -0.15) is 4.98 Å². The molecule has 3 aromatic rings. The van der Waals surface area contributed by atoms with Gasteiger partial charge in [-0.25, -0.2) is 14.8 Å². The number of methoxy groups -OCH3 is 1. The molecule has 0 atom stereocenters. The van der Waals surface area contributed by atoms with Crippen LogP contribution in [0.15, 0.2) is 36.9 Å². The Morgan fingerprint density at radius 2 is 2.19 bits per heavy atom. The molecule has 3 rings (SSSR count). The first-order valence-electron chi connectivity index (χ1n) is 8.14. The van der Waals surface area contributed by atoms with E-state index in [0.717, 1.165) is 12.1 Å². The molecule has 0 unspecified atom stereocenters. The van der Waals surface area contributed by atoms with Crippen molar-refractivity contribution in [3.8, 4) is 0 Å². The van der Waals surface area contributed by atoms with Crippen molar-refractivity contribution in [2.75, 3.05) is 30.0 Å². The van der Waals surface area contributed by atoms with Crippen LogP contribution in [0.2, 0.25) is 0 Å². The van der Waals surface area contributed by atoms with Crippen LogP contribution in [0.3, 0.4) is 0 Å². The fourth-order valence-corrected chi connectivity index (χ4v) is 2.42. The van der Waals surface area contributed by atoms with Crippen molar-refractivity contribution in [3.63, 3.8) is 0 Å². The number of nitrogens with two attached hydrogens (primary N) is 1. The minimum atomic E-state index is -0.482. The van der Waals surface area contributed by atoms with Crippen LogP contribution in [-0.4, -0.2) is 47.4 Å². The quantitative estimate of drug-likeness (QED) is 0.275. The number of esters is 1. The van der Waals surface area contributed by atoms with Crippen LogP contribution in [-0.2, 0) is 11.2 Å². The van der Waals surface area contributed by atoms with E-state index in [-0.39, 0.29) is 0 Å². The molecule has 136 valence electrons. The smallest absolute Gasteiger partial charge is 0.337 e. The second-order valence-electron chi connectivity index (χ2n) is 5.71. The lowest BCUT2D eigenvalue weighted by molar-refractivity contribution is 0.0601. The van der Waals surface area contributed by atoms with Gasteiger partial charge < -0.3 is 26.1 Å². The number of carbonyl (C=O) groups excluding carboxylic acids is 1. The number of hydrogen-bond donors (Lipinski definition) is 4. The fraction of sp³-hybridized carbons (Fsp3) is 0.176. The molecular weight excluding hydrogens is 345 g/mol. The zero-order chi connectivity index (χ0) is 19.2. The first-order chi connectivity index (χ1) is 13.0. The Balaban J connectivity index is 1.72. The number of anilines is 4. The van der Waals surface area contributed by atoms with E-state index in [0.29, 0.717) is 40.7 Å². The number of hydrogen-bond acceptors (Lipinski definition) is 8. The molecule has 0 fully saturated rings. The van der Waals surface area contributed by atoms with Gasteiger partial charge >= 0.3 is 5.97 Å². The maximum absolute atomic E-state index is 11.7. The topological polar surface area (TPSA) is 131 Å². The van der Waals surface area contributed by atoms with Crippen LogP contribution < -0.4 is 21.8 Å². The largest absolute Gasteiger partial charge is 0.465 e. The molecule has 0 aliphatic rings. The van der Waals surface area contributed by atoms with Crippen molar-refractivity contribution >= 4 is 42.4 Å². The zero-order valence-corrected chi connectivity index (χ0v) is 14.7. The van der Waals surface area contributed by atoms with E-state index in [1.165, 1.54) is 19.4 Å². The van der Waals surface area contributed by atoms with Gasteiger partial charge in [0.2, 0.25) is 5.95 Å². The molecule has 2 radical (unpaired) electrons. The number of carbonyl (C=O) groups is 1. The van der Waals surface area contributed by atoms with Gasteiger partial charge in [0.05, 0.1) is 19.0 Å². The van der Waals surface area contributed by atoms with E-state index >= 15 is 0 Å². The molecule has 1 aromatic carbocycles. The number of aromatic nitrogens is 4. The molecule has 0 saturated carbocycles. The summed E-state index contributed by atoms with van der Waals surface area (Å²) < 4.78 is 4.72. The van der Waals surface area contributed by atoms with Gasteiger partial charge in [0.15, 0.2) is 0 Å². The molecule has 0 aliphatic carbocycles.